The molecule has 0 aromatic heterocycles. The van der Waals surface area contributed by atoms with E-state index in [-0.39, 0.29) is 0 Å². The lowest BCUT2D eigenvalue weighted by molar-refractivity contribution is -0.0390. The fourth-order valence-corrected chi connectivity index (χ4v) is 4.24. The second-order valence-corrected chi connectivity index (χ2v) is 8.40. The van der Waals surface area contributed by atoms with Crippen molar-refractivity contribution in [1.29, 1.82) is 0 Å². The summed E-state index contributed by atoms with van der Waals surface area (Å²) in [7, 11) is 0. The van der Waals surface area contributed by atoms with Crippen LogP contribution in [-0.2, 0) is 22.6 Å². The van der Waals surface area contributed by atoms with Gasteiger partial charge in [-0.15, -0.1) is 0 Å². The Morgan fingerprint density at radius 1 is 1.09 bits per heavy atom. The highest BCUT2D eigenvalue weighted by Crippen LogP contribution is 2.22. The molecule has 0 bridgehead atoms. The summed E-state index contributed by atoms with van der Waals surface area (Å²) in [5.74, 6) is 0.986. The minimum atomic E-state index is 0.318. The number of nitrogens with one attached hydrogen (secondary N) is 1. The number of rotatable bonds is 7. The quantitative estimate of drug-likeness (QED) is 0.511. The number of ether oxygens (including phenoxy) is 2. The molecule has 0 amide bonds. The minimum absolute atomic E-state index is 0.318. The Kier molecular flexibility index (Phi) is 8.35. The van der Waals surface area contributed by atoms with Crippen molar-refractivity contribution in [3.63, 3.8) is 0 Å². The van der Waals surface area contributed by atoms with Crippen molar-refractivity contribution in [1.82, 2.24) is 10.2 Å². The molecular weight excluding hydrogens is 398 g/mol. The van der Waals surface area contributed by atoms with Gasteiger partial charge in [-0.05, 0) is 48.4 Å². The molecule has 0 unspecified atom stereocenters. The number of aliphatic imine (C=N–C) groups is 1. The topological polar surface area (TPSA) is 46.1 Å². The molecule has 4 rings (SSSR count). The van der Waals surface area contributed by atoms with Crippen molar-refractivity contribution >= 4 is 11.5 Å². The molecule has 2 aromatic rings. The SMILES string of the molecule is CCNC(=NCc1cccc(COC2CCOCC2)c1)N1CC=C(c2ccccc2)CC1. The summed E-state index contributed by atoms with van der Waals surface area (Å²) >= 11 is 0. The molecule has 5 heteroatoms. The van der Waals surface area contributed by atoms with Crippen LogP contribution in [0.2, 0.25) is 0 Å². The fourth-order valence-electron chi connectivity index (χ4n) is 4.24. The Morgan fingerprint density at radius 3 is 2.66 bits per heavy atom. The molecular formula is C27H35N3O2. The third-order valence-electron chi connectivity index (χ3n) is 6.04. The van der Waals surface area contributed by atoms with Gasteiger partial charge in [-0.25, -0.2) is 4.99 Å². The largest absolute Gasteiger partial charge is 0.381 e. The third kappa shape index (κ3) is 6.44. The van der Waals surface area contributed by atoms with E-state index in [1.54, 1.807) is 0 Å². The van der Waals surface area contributed by atoms with Crippen LogP contribution in [0.4, 0.5) is 0 Å². The first-order chi connectivity index (χ1) is 15.8. The highest BCUT2D eigenvalue weighted by atomic mass is 16.5. The number of guanidine groups is 1. The van der Waals surface area contributed by atoms with Gasteiger partial charge in [-0.2, -0.15) is 0 Å². The molecule has 2 heterocycles. The molecule has 0 spiro atoms. The van der Waals surface area contributed by atoms with Crippen LogP contribution < -0.4 is 5.32 Å². The van der Waals surface area contributed by atoms with Crippen LogP contribution >= 0.6 is 0 Å². The molecule has 2 aromatic carbocycles. The van der Waals surface area contributed by atoms with Gasteiger partial charge in [-0.3, -0.25) is 0 Å². The molecule has 1 saturated heterocycles. The zero-order valence-corrected chi connectivity index (χ0v) is 19.1. The average molecular weight is 434 g/mol. The summed E-state index contributed by atoms with van der Waals surface area (Å²) in [5, 5.41) is 3.47. The number of hydrogen-bond acceptors (Lipinski definition) is 3. The lowest BCUT2D eigenvalue weighted by Gasteiger charge is -2.30. The summed E-state index contributed by atoms with van der Waals surface area (Å²) < 4.78 is 11.5. The van der Waals surface area contributed by atoms with Crippen molar-refractivity contribution in [3.8, 4) is 0 Å². The van der Waals surface area contributed by atoms with Crippen LogP contribution in [0.5, 0.6) is 0 Å². The van der Waals surface area contributed by atoms with Crippen molar-refractivity contribution in [2.75, 3.05) is 32.8 Å². The zero-order valence-electron chi connectivity index (χ0n) is 19.1. The predicted molar refractivity (Wildman–Crippen MR) is 130 cm³/mol. The second kappa shape index (κ2) is 11.8. The van der Waals surface area contributed by atoms with E-state index >= 15 is 0 Å². The van der Waals surface area contributed by atoms with E-state index in [4.69, 9.17) is 14.5 Å². The molecule has 170 valence electrons. The van der Waals surface area contributed by atoms with E-state index in [1.165, 1.54) is 22.3 Å². The third-order valence-corrected chi connectivity index (χ3v) is 6.04. The van der Waals surface area contributed by atoms with Gasteiger partial charge < -0.3 is 19.7 Å². The summed E-state index contributed by atoms with van der Waals surface area (Å²) in [6.45, 7) is 7.79. The van der Waals surface area contributed by atoms with Gasteiger partial charge in [0.1, 0.15) is 0 Å². The summed E-state index contributed by atoms with van der Waals surface area (Å²) in [6.07, 6.45) is 5.67. The Balaban J connectivity index is 1.35. The molecule has 5 nitrogen and oxygen atoms in total. The van der Waals surface area contributed by atoms with Gasteiger partial charge in [0.05, 0.1) is 19.3 Å². The number of benzene rings is 2. The van der Waals surface area contributed by atoms with Gasteiger partial charge in [0.2, 0.25) is 0 Å². The maximum atomic E-state index is 6.09. The first-order valence-corrected chi connectivity index (χ1v) is 11.9. The van der Waals surface area contributed by atoms with Crippen molar-refractivity contribution in [2.24, 2.45) is 4.99 Å². The molecule has 0 aliphatic carbocycles. The van der Waals surface area contributed by atoms with Crippen LogP contribution in [-0.4, -0.2) is 49.8 Å². The Hall–Kier alpha value is -2.63. The highest BCUT2D eigenvalue weighted by molar-refractivity contribution is 5.81. The molecule has 0 radical (unpaired) electrons. The van der Waals surface area contributed by atoms with Crippen LogP contribution in [0.15, 0.2) is 65.7 Å². The van der Waals surface area contributed by atoms with E-state index in [0.29, 0.717) is 19.3 Å². The van der Waals surface area contributed by atoms with Gasteiger partial charge in [0, 0.05) is 32.8 Å². The molecule has 0 saturated carbocycles. The lowest BCUT2D eigenvalue weighted by atomic mass is 10.00. The number of nitrogens with zero attached hydrogens (tertiary/aromatic N) is 2. The first-order valence-electron chi connectivity index (χ1n) is 11.9. The highest BCUT2D eigenvalue weighted by Gasteiger charge is 2.16. The Labute approximate surface area is 192 Å². The standard InChI is InChI=1S/C27H35N3O2/c1-2-28-27(30-15-11-25(12-16-30)24-9-4-3-5-10-24)29-20-22-7-6-8-23(19-22)21-32-26-13-17-31-18-14-26/h3-11,19,26H,2,12-18,20-21H2,1H3,(H,28,29). The molecule has 0 atom stereocenters. The van der Waals surface area contributed by atoms with Crippen molar-refractivity contribution in [3.05, 3.63) is 77.4 Å². The normalized spacial score (nSPS) is 17.8. The Bertz CT molecular complexity index is 904. The average Bonchev–Trinajstić information content (AvgIpc) is 2.87. The maximum absolute atomic E-state index is 6.09. The van der Waals surface area contributed by atoms with Crippen molar-refractivity contribution in [2.45, 2.75) is 45.4 Å². The molecule has 2 aliphatic heterocycles. The molecule has 1 N–H and O–H groups in total. The van der Waals surface area contributed by atoms with E-state index < -0.39 is 0 Å². The van der Waals surface area contributed by atoms with Gasteiger partial charge in [0.25, 0.3) is 0 Å². The van der Waals surface area contributed by atoms with Gasteiger partial charge >= 0.3 is 0 Å². The van der Waals surface area contributed by atoms with E-state index in [1.807, 2.05) is 0 Å². The van der Waals surface area contributed by atoms with Crippen LogP contribution in [0, 0.1) is 0 Å². The van der Waals surface area contributed by atoms with Crippen LogP contribution in [0.1, 0.15) is 42.9 Å². The van der Waals surface area contributed by atoms with E-state index in [2.05, 4.69) is 77.8 Å². The summed E-state index contributed by atoms with van der Waals surface area (Å²) in [5.41, 5.74) is 5.18. The van der Waals surface area contributed by atoms with E-state index in [0.717, 1.165) is 58.1 Å². The minimum Gasteiger partial charge on any atom is -0.381 e. The number of hydrogen-bond donors (Lipinski definition) is 1. The smallest absolute Gasteiger partial charge is 0.194 e. The predicted octanol–water partition coefficient (Wildman–Crippen LogP) is 4.64. The lowest BCUT2D eigenvalue weighted by Crippen LogP contribution is -2.43. The van der Waals surface area contributed by atoms with E-state index in [9.17, 15) is 0 Å². The molecule has 32 heavy (non-hydrogen) atoms. The molecule has 1 fully saturated rings. The zero-order chi connectivity index (χ0) is 22.0. The van der Waals surface area contributed by atoms with Crippen LogP contribution in [0.3, 0.4) is 0 Å². The maximum Gasteiger partial charge on any atom is 0.194 e. The summed E-state index contributed by atoms with van der Waals surface area (Å²) in [4.78, 5) is 7.28. The monoisotopic (exact) mass is 433 g/mol. The Morgan fingerprint density at radius 2 is 1.91 bits per heavy atom. The summed E-state index contributed by atoms with van der Waals surface area (Å²) in [6, 6.07) is 19.3. The van der Waals surface area contributed by atoms with Crippen molar-refractivity contribution < 1.29 is 9.47 Å². The first kappa shape index (κ1) is 22.6. The van der Waals surface area contributed by atoms with Gasteiger partial charge in [-0.1, -0.05) is 60.7 Å². The van der Waals surface area contributed by atoms with Gasteiger partial charge in [0.15, 0.2) is 5.96 Å². The fraction of sp³-hybridized carbons (Fsp3) is 0.444. The second-order valence-electron chi connectivity index (χ2n) is 8.40. The molecule has 2 aliphatic rings. The van der Waals surface area contributed by atoms with Crippen LogP contribution in [0.25, 0.3) is 5.57 Å².